The normalized spacial score (nSPS) is 11.9. The average Bonchev–Trinajstić information content (AvgIpc) is 2.27. The van der Waals surface area contributed by atoms with Crippen LogP contribution in [0.3, 0.4) is 0 Å². The number of carboxylic acid groups (broad SMARTS) is 1. The smallest absolute Gasteiger partial charge is 0.331 e. The number of benzene rings is 1. The molecule has 0 saturated carbocycles. The summed E-state index contributed by atoms with van der Waals surface area (Å²) in [6.07, 6.45) is 0. The van der Waals surface area contributed by atoms with Gasteiger partial charge in [-0.2, -0.15) is 0 Å². The van der Waals surface area contributed by atoms with E-state index in [1.165, 1.54) is 0 Å². The maximum Gasteiger partial charge on any atom is 0.331 e. The van der Waals surface area contributed by atoms with Gasteiger partial charge in [-0.25, -0.2) is 4.79 Å². The number of carboxylic acids is 1. The van der Waals surface area contributed by atoms with Crippen molar-refractivity contribution in [1.29, 1.82) is 0 Å². The van der Waals surface area contributed by atoms with Crippen LogP contribution in [0.4, 0.5) is 0 Å². The SMILES string of the molecule is COc1ccc(C(C)=C(C)C(=O)O)cc1. The third-order valence-electron chi connectivity index (χ3n) is 2.41. The minimum atomic E-state index is -0.886. The fourth-order valence-corrected chi connectivity index (χ4v) is 1.22. The quantitative estimate of drug-likeness (QED) is 0.773. The third kappa shape index (κ3) is 2.59. The van der Waals surface area contributed by atoms with Gasteiger partial charge in [-0.3, -0.25) is 0 Å². The average molecular weight is 206 g/mol. The molecule has 0 atom stereocenters. The van der Waals surface area contributed by atoms with E-state index in [-0.39, 0.29) is 0 Å². The van der Waals surface area contributed by atoms with Crippen molar-refractivity contribution in [1.82, 2.24) is 0 Å². The van der Waals surface area contributed by atoms with E-state index in [1.807, 2.05) is 24.3 Å². The number of hydrogen-bond donors (Lipinski definition) is 1. The highest BCUT2D eigenvalue weighted by molar-refractivity contribution is 5.95. The molecule has 3 heteroatoms. The fraction of sp³-hybridized carbons (Fsp3) is 0.250. The maximum atomic E-state index is 10.8. The maximum absolute atomic E-state index is 10.8. The van der Waals surface area contributed by atoms with E-state index in [0.29, 0.717) is 5.57 Å². The van der Waals surface area contributed by atoms with Gasteiger partial charge in [-0.05, 0) is 37.1 Å². The van der Waals surface area contributed by atoms with Gasteiger partial charge in [0.1, 0.15) is 5.75 Å². The summed E-state index contributed by atoms with van der Waals surface area (Å²) in [6, 6.07) is 7.32. The predicted molar refractivity (Wildman–Crippen MR) is 58.9 cm³/mol. The summed E-state index contributed by atoms with van der Waals surface area (Å²) in [5.41, 5.74) is 2.03. The molecular weight excluding hydrogens is 192 g/mol. The van der Waals surface area contributed by atoms with E-state index in [4.69, 9.17) is 9.84 Å². The van der Waals surface area contributed by atoms with Crippen LogP contribution in [0.5, 0.6) is 5.75 Å². The van der Waals surface area contributed by atoms with Crippen molar-refractivity contribution >= 4 is 11.5 Å². The summed E-state index contributed by atoms with van der Waals surface area (Å²) >= 11 is 0. The molecule has 80 valence electrons. The van der Waals surface area contributed by atoms with Crippen molar-refractivity contribution in [3.05, 3.63) is 35.4 Å². The molecule has 0 unspecified atom stereocenters. The summed E-state index contributed by atoms with van der Waals surface area (Å²) < 4.78 is 5.02. The van der Waals surface area contributed by atoms with Gasteiger partial charge in [0.05, 0.1) is 7.11 Å². The Morgan fingerprint density at radius 1 is 1.20 bits per heavy atom. The van der Waals surface area contributed by atoms with Crippen LogP contribution in [0, 0.1) is 0 Å². The second-order valence-corrected chi connectivity index (χ2v) is 3.28. The van der Waals surface area contributed by atoms with Gasteiger partial charge in [0.25, 0.3) is 0 Å². The van der Waals surface area contributed by atoms with Crippen LogP contribution in [-0.4, -0.2) is 18.2 Å². The highest BCUT2D eigenvalue weighted by atomic mass is 16.5. The first kappa shape index (κ1) is 11.3. The molecule has 0 aliphatic rings. The van der Waals surface area contributed by atoms with Gasteiger partial charge in [0, 0.05) is 5.57 Å². The molecule has 3 nitrogen and oxygen atoms in total. The van der Waals surface area contributed by atoms with E-state index in [9.17, 15) is 4.79 Å². The molecule has 1 rings (SSSR count). The Hall–Kier alpha value is -1.77. The molecule has 1 N–H and O–H groups in total. The van der Waals surface area contributed by atoms with E-state index in [0.717, 1.165) is 16.9 Å². The van der Waals surface area contributed by atoms with Crippen LogP contribution < -0.4 is 4.74 Å². The van der Waals surface area contributed by atoms with Gasteiger partial charge in [-0.15, -0.1) is 0 Å². The van der Waals surface area contributed by atoms with E-state index in [1.54, 1.807) is 21.0 Å². The van der Waals surface area contributed by atoms with Crippen LogP contribution in [0.1, 0.15) is 19.4 Å². The first-order valence-electron chi connectivity index (χ1n) is 4.61. The van der Waals surface area contributed by atoms with Gasteiger partial charge < -0.3 is 9.84 Å². The molecule has 0 amide bonds. The topological polar surface area (TPSA) is 46.5 Å². The summed E-state index contributed by atoms with van der Waals surface area (Å²) in [7, 11) is 1.60. The van der Waals surface area contributed by atoms with Crippen LogP contribution in [-0.2, 0) is 4.79 Å². The van der Waals surface area contributed by atoms with Crippen molar-refractivity contribution in [2.45, 2.75) is 13.8 Å². The van der Waals surface area contributed by atoms with E-state index >= 15 is 0 Å². The summed E-state index contributed by atoms with van der Waals surface area (Å²) in [4.78, 5) is 10.8. The monoisotopic (exact) mass is 206 g/mol. The number of carbonyl (C=O) groups is 1. The first-order valence-corrected chi connectivity index (χ1v) is 4.61. The van der Waals surface area contributed by atoms with Crippen LogP contribution in [0.15, 0.2) is 29.8 Å². The van der Waals surface area contributed by atoms with E-state index < -0.39 is 5.97 Å². The molecule has 0 fully saturated rings. The molecule has 0 aromatic heterocycles. The lowest BCUT2D eigenvalue weighted by Crippen LogP contribution is -1.99. The third-order valence-corrected chi connectivity index (χ3v) is 2.41. The van der Waals surface area contributed by atoms with Crippen molar-refractivity contribution in [3.8, 4) is 5.75 Å². The fourth-order valence-electron chi connectivity index (χ4n) is 1.22. The zero-order valence-electron chi connectivity index (χ0n) is 9.07. The Labute approximate surface area is 89.0 Å². The Balaban J connectivity index is 3.07. The standard InChI is InChI=1S/C12H14O3/c1-8(9(2)12(13)14)10-4-6-11(15-3)7-5-10/h4-7H,1-3H3,(H,13,14). The lowest BCUT2D eigenvalue weighted by molar-refractivity contribution is -0.132. The first-order chi connectivity index (χ1) is 7.06. The number of rotatable bonds is 3. The van der Waals surface area contributed by atoms with Crippen molar-refractivity contribution in [2.75, 3.05) is 7.11 Å². The predicted octanol–water partition coefficient (Wildman–Crippen LogP) is 2.57. The Morgan fingerprint density at radius 2 is 1.73 bits per heavy atom. The van der Waals surface area contributed by atoms with Crippen molar-refractivity contribution < 1.29 is 14.6 Å². The molecule has 1 aromatic carbocycles. The zero-order valence-corrected chi connectivity index (χ0v) is 9.07. The lowest BCUT2D eigenvalue weighted by Gasteiger charge is -2.05. The van der Waals surface area contributed by atoms with Crippen molar-refractivity contribution in [3.63, 3.8) is 0 Å². The second kappa shape index (κ2) is 4.64. The number of methoxy groups -OCH3 is 1. The Kier molecular flexibility index (Phi) is 3.50. The molecule has 0 radical (unpaired) electrons. The van der Waals surface area contributed by atoms with Crippen LogP contribution in [0.2, 0.25) is 0 Å². The molecular formula is C12H14O3. The number of hydrogen-bond acceptors (Lipinski definition) is 2. The molecule has 0 spiro atoms. The number of ether oxygens (including phenoxy) is 1. The van der Waals surface area contributed by atoms with Gasteiger partial charge in [0.15, 0.2) is 0 Å². The van der Waals surface area contributed by atoms with Gasteiger partial charge >= 0.3 is 5.97 Å². The molecule has 15 heavy (non-hydrogen) atoms. The Morgan fingerprint density at radius 3 is 2.13 bits per heavy atom. The molecule has 1 aromatic rings. The van der Waals surface area contributed by atoms with Crippen LogP contribution in [0.25, 0.3) is 5.57 Å². The van der Waals surface area contributed by atoms with E-state index in [2.05, 4.69) is 0 Å². The summed E-state index contributed by atoms with van der Waals surface area (Å²) in [6.45, 7) is 3.40. The minimum Gasteiger partial charge on any atom is -0.497 e. The highest BCUT2D eigenvalue weighted by Crippen LogP contribution is 2.20. The summed E-state index contributed by atoms with van der Waals surface area (Å²) in [5, 5.41) is 8.83. The number of aliphatic carboxylic acids is 1. The highest BCUT2D eigenvalue weighted by Gasteiger charge is 2.06. The van der Waals surface area contributed by atoms with Crippen LogP contribution >= 0.6 is 0 Å². The molecule has 0 heterocycles. The van der Waals surface area contributed by atoms with Gasteiger partial charge in [-0.1, -0.05) is 12.1 Å². The minimum absolute atomic E-state index is 0.361. The Bertz CT molecular complexity index is 388. The molecule has 0 aliphatic carbocycles. The second-order valence-electron chi connectivity index (χ2n) is 3.28. The van der Waals surface area contributed by atoms with Gasteiger partial charge in [0.2, 0.25) is 0 Å². The van der Waals surface area contributed by atoms with Crippen molar-refractivity contribution in [2.24, 2.45) is 0 Å². The largest absolute Gasteiger partial charge is 0.497 e. The molecule has 0 bridgehead atoms. The molecule has 0 aliphatic heterocycles. The number of allylic oxidation sites excluding steroid dienone is 1. The molecule has 0 saturated heterocycles. The zero-order chi connectivity index (χ0) is 11.4. The lowest BCUT2D eigenvalue weighted by atomic mass is 10.0. The summed E-state index contributed by atoms with van der Waals surface area (Å²) in [5.74, 6) is -0.122.